The summed E-state index contributed by atoms with van der Waals surface area (Å²) in [6.45, 7) is 12.6. The number of rotatable bonds is 5. The van der Waals surface area contributed by atoms with Crippen molar-refractivity contribution in [2.45, 2.75) is 60.3 Å². The predicted molar refractivity (Wildman–Crippen MR) is 74.3 cm³/mol. The van der Waals surface area contributed by atoms with Gasteiger partial charge in [0.2, 0.25) is 11.8 Å². The average molecular weight is 280 g/mol. The summed E-state index contributed by atoms with van der Waals surface area (Å²) in [5, 5.41) is 17.2. The minimum Gasteiger partial charge on any atom is -0.481 e. The monoisotopic (exact) mass is 280 g/mol. The Labute approximate surface area is 119 Å². The van der Waals surface area contributed by atoms with E-state index < -0.39 is 5.97 Å². The fourth-order valence-corrected chi connectivity index (χ4v) is 3.15. The number of hydrogen-bond donors (Lipinski definition) is 1. The molecular weight excluding hydrogens is 256 g/mol. The first-order valence-corrected chi connectivity index (χ1v) is 7.01. The summed E-state index contributed by atoms with van der Waals surface area (Å²) >= 11 is 0. The first-order chi connectivity index (χ1) is 8.97. The van der Waals surface area contributed by atoms with Crippen LogP contribution in [0.25, 0.3) is 0 Å². The Bertz CT molecular complexity index is 515. The highest BCUT2D eigenvalue weighted by atomic mass is 16.4. The maximum atomic E-state index is 10.8. The summed E-state index contributed by atoms with van der Waals surface area (Å²) in [5.74, 6) is 0.684. The third-order valence-electron chi connectivity index (χ3n) is 5.01. The number of aliphatic carboxylic acids is 1. The summed E-state index contributed by atoms with van der Waals surface area (Å²) in [5.41, 5.74) is -0.0645. The van der Waals surface area contributed by atoms with Crippen LogP contribution in [0.2, 0.25) is 0 Å². The van der Waals surface area contributed by atoms with Crippen LogP contribution in [0, 0.1) is 16.2 Å². The van der Waals surface area contributed by atoms with Gasteiger partial charge in [0.1, 0.15) is 0 Å². The highest BCUT2D eigenvalue weighted by Gasteiger charge is 2.67. The van der Waals surface area contributed by atoms with E-state index in [1.165, 1.54) is 0 Å². The Morgan fingerprint density at radius 1 is 1.25 bits per heavy atom. The second kappa shape index (κ2) is 4.30. The van der Waals surface area contributed by atoms with Gasteiger partial charge in [-0.2, -0.15) is 0 Å². The van der Waals surface area contributed by atoms with E-state index in [0.717, 1.165) is 0 Å². The van der Waals surface area contributed by atoms with Gasteiger partial charge in [0.15, 0.2) is 0 Å². The summed E-state index contributed by atoms with van der Waals surface area (Å²) in [4.78, 5) is 10.8. The molecule has 1 aliphatic carbocycles. The van der Waals surface area contributed by atoms with Crippen LogP contribution in [0.15, 0.2) is 4.42 Å². The lowest BCUT2D eigenvalue weighted by Crippen LogP contribution is -2.19. The molecule has 112 valence electrons. The van der Waals surface area contributed by atoms with Gasteiger partial charge in [0, 0.05) is 12.3 Å². The van der Waals surface area contributed by atoms with E-state index >= 15 is 0 Å². The van der Waals surface area contributed by atoms with E-state index in [4.69, 9.17) is 9.52 Å². The van der Waals surface area contributed by atoms with Gasteiger partial charge in [-0.1, -0.05) is 41.5 Å². The quantitative estimate of drug-likeness (QED) is 0.895. The molecule has 0 amide bonds. The van der Waals surface area contributed by atoms with Crippen molar-refractivity contribution in [2.75, 3.05) is 0 Å². The van der Waals surface area contributed by atoms with Crippen molar-refractivity contribution >= 4 is 5.97 Å². The molecular formula is C15H24N2O3. The highest BCUT2D eigenvalue weighted by Crippen LogP contribution is 2.73. The van der Waals surface area contributed by atoms with Gasteiger partial charge in [-0.3, -0.25) is 4.79 Å². The van der Waals surface area contributed by atoms with Crippen molar-refractivity contribution in [2.24, 2.45) is 16.2 Å². The van der Waals surface area contributed by atoms with Gasteiger partial charge >= 0.3 is 5.97 Å². The van der Waals surface area contributed by atoms with Crippen LogP contribution in [0.1, 0.15) is 65.7 Å². The lowest BCUT2D eigenvalue weighted by Gasteiger charge is -2.19. The van der Waals surface area contributed by atoms with Crippen molar-refractivity contribution in [1.29, 1.82) is 0 Å². The molecule has 1 aliphatic rings. The lowest BCUT2D eigenvalue weighted by atomic mass is 9.86. The predicted octanol–water partition coefficient (Wildman–Crippen LogP) is 3.26. The number of hydrogen-bond acceptors (Lipinski definition) is 4. The highest BCUT2D eigenvalue weighted by molar-refractivity contribution is 5.67. The summed E-state index contributed by atoms with van der Waals surface area (Å²) in [6, 6.07) is 0. The molecule has 1 saturated carbocycles. The van der Waals surface area contributed by atoms with E-state index in [9.17, 15) is 4.79 Å². The van der Waals surface area contributed by atoms with Gasteiger partial charge in [-0.15, -0.1) is 10.2 Å². The standard InChI is InChI=1S/C15H24N2O3/c1-13(2,8-10(18)19)7-9-16-17-12(20-9)11-14(3,4)15(11,5)6/h11H,7-8H2,1-6H3,(H,18,19). The van der Waals surface area contributed by atoms with E-state index in [-0.39, 0.29) is 28.6 Å². The Kier molecular flexibility index (Phi) is 3.23. The van der Waals surface area contributed by atoms with Gasteiger partial charge in [0.05, 0.1) is 6.42 Å². The minimum atomic E-state index is -0.806. The molecule has 0 unspecified atom stereocenters. The summed E-state index contributed by atoms with van der Waals surface area (Å²) in [6.07, 6.45) is 0.574. The average Bonchev–Trinajstić information content (AvgIpc) is 2.57. The van der Waals surface area contributed by atoms with Crippen LogP contribution in [0.3, 0.4) is 0 Å². The third kappa shape index (κ3) is 2.45. The fourth-order valence-electron chi connectivity index (χ4n) is 3.15. The molecule has 5 heteroatoms. The summed E-state index contributed by atoms with van der Waals surface area (Å²) < 4.78 is 5.78. The summed E-state index contributed by atoms with van der Waals surface area (Å²) in [7, 11) is 0. The molecule has 5 nitrogen and oxygen atoms in total. The molecule has 0 atom stereocenters. The molecule has 1 fully saturated rings. The van der Waals surface area contributed by atoms with Crippen LogP contribution in [0.4, 0.5) is 0 Å². The Morgan fingerprint density at radius 3 is 2.25 bits per heavy atom. The molecule has 0 radical (unpaired) electrons. The molecule has 1 N–H and O–H groups in total. The molecule has 1 aromatic rings. The topological polar surface area (TPSA) is 76.2 Å². The molecule has 0 bridgehead atoms. The zero-order valence-corrected chi connectivity index (χ0v) is 13.1. The molecule has 0 aromatic carbocycles. The van der Waals surface area contributed by atoms with Crippen LogP contribution in [-0.4, -0.2) is 21.3 Å². The van der Waals surface area contributed by atoms with Crippen molar-refractivity contribution in [3.05, 3.63) is 11.8 Å². The molecule has 0 saturated heterocycles. The number of aromatic nitrogens is 2. The fraction of sp³-hybridized carbons (Fsp3) is 0.800. The van der Waals surface area contributed by atoms with E-state index in [1.54, 1.807) is 0 Å². The van der Waals surface area contributed by atoms with E-state index in [1.807, 2.05) is 13.8 Å². The van der Waals surface area contributed by atoms with Gasteiger partial charge in [-0.05, 0) is 16.2 Å². The molecule has 2 rings (SSSR count). The van der Waals surface area contributed by atoms with Gasteiger partial charge < -0.3 is 9.52 Å². The molecule has 0 spiro atoms. The first kappa shape index (κ1) is 15.0. The van der Waals surface area contributed by atoms with E-state index in [2.05, 4.69) is 37.9 Å². The third-order valence-corrected chi connectivity index (χ3v) is 5.01. The first-order valence-electron chi connectivity index (χ1n) is 7.01. The molecule has 0 aliphatic heterocycles. The Hall–Kier alpha value is -1.39. The zero-order valence-electron chi connectivity index (χ0n) is 13.1. The number of nitrogens with zero attached hydrogens (tertiary/aromatic N) is 2. The van der Waals surface area contributed by atoms with Crippen LogP contribution in [-0.2, 0) is 11.2 Å². The van der Waals surface area contributed by atoms with Crippen molar-refractivity contribution < 1.29 is 14.3 Å². The van der Waals surface area contributed by atoms with Gasteiger partial charge in [0.25, 0.3) is 0 Å². The maximum absolute atomic E-state index is 10.8. The second-order valence-corrected chi connectivity index (χ2v) is 7.82. The van der Waals surface area contributed by atoms with Crippen LogP contribution < -0.4 is 0 Å². The second-order valence-electron chi connectivity index (χ2n) is 7.82. The van der Waals surface area contributed by atoms with Gasteiger partial charge in [-0.25, -0.2) is 0 Å². The van der Waals surface area contributed by atoms with Crippen molar-refractivity contribution in [3.63, 3.8) is 0 Å². The number of carbonyl (C=O) groups is 1. The number of carboxylic acid groups (broad SMARTS) is 1. The van der Waals surface area contributed by atoms with Crippen molar-refractivity contribution in [1.82, 2.24) is 10.2 Å². The minimum absolute atomic E-state index is 0.0884. The Morgan fingerprint density at radius 2 is 1.80 bits per heavy atom. The molecule has 1 aromatic heterocycles. The maximum Gasteiger partial charge on any atom is 0.303 e. The largest absolute Gasteiger partial charge is 0.481 e. The Balaban J connectivity index is 2.10. The SMILES string of the molecule is CC(C)(CC(=O)O)Cc1nnc(C2C(C)(C)C2(C)C)o1. The normalized spacial score (nSPS) is 20.9. The lowest BCUT2D eigenvalue weighted by molar-refractivity contribution is -0.139. The van der Waals surface area contributed by atoms with Crippen LogP contribution >= 0.6 is 0 Å². The number of carboxylic acids is 1. The van der Waals surface area contributed by atoms with Crippen LogP contribution in [0.5, 0.6) is 0 Å². The van der Waals surface area contributed by atoms with Crippen molar-refractivity contribution in [3.8, 4) is 0 Å². The smallest absolute Gasteiger partial charge is 0.303 e. The molecule has 20 heavy (non-hydrogen) atoms. The zero-order chi connectivity index (χ0) is 15.3. The molecule has 1 heterocycles. The van der Waals surface area contributed by atoms with E-state index in [0.29, 0.717) is 18.2 Å².